The minimum atomic E-state index is -4.96. The van der Waals surface area contributed by atoms with Gasteiger partial charge in [0.25, 0.3) is 0 Å². The van der Waals surface area contributed by atoms with Gasteiger partial charge in [0, 0.05) is 25.7 Å². The fraction of sp³-hybridized carbons (Fsp3) is 0.946. The molecule has 19 heteroatoms. The van der Waals surface area contributed by atoms with Gasteiger partial charge in [-0.3, -0.25) is 37.3 Å². The number of ether oxygens (including phenoxy) is 4. The van der Waals surface area contributed by atoms with E-state index in [1.807, 2.05) is 0 Å². The molecule has 0 fully saturated rings. The number of carbonyl (C=O) groups is 4. The van der Waals surface area contributed by atoms with Crippen molar-refractivity contribution in [1.82, 2.24) is 0 Å². The first kappa shape index (κ1) is 91.1. The maximum absolute atomic E-state index is 13.1. The number of aliphatic hydroxyl groups is 1. The molecule has 5 atom stereocenters. The van der Waals surface area contributed by atoms with Crippen molar-refractivity contribution in [2.45, 2.75) is 388 Å². The highest BCUT2D eigenvalue weighted by Crippen LogP contribution is 2.45. The molecule has 0 aromatic carbocycles. The molecular weight excluding hydrogens is 1220 g/mol. The van der Waals surface area contributed by atoms with Gasteiger partial charge in [0.15, 0.2) is 12.2 Å². The van der Waals surface area contributed by atoms with Gasteiger partial charge in [0.1, 0.15) is 19.3 Å². The molecule has 0 aromatic heterocycles. The third-order valence-corrected chi connectivity index (χ3v) is 19.0. The summed E-state index contributed by atoms with van der Waals surface area (Å²) < 4.78 is 68.4. The van der Waals surface area contributed by atoms with Gasteiger partial charge in [-0.25, -0.2) is 9.13 Å². The van der Waals surface area contributed by atoms with E-state index < -0.39 is 97.5 Å². The largest absolute Gasteiger partial charge is 0.472 e. The average Bonchev–Trinajstić information content (AvgIpc) is 1.92. The molecule has 0 saturated carbocycles. The molecule has 2 unspecified atom stereocenters. The minimum absolute atomic E-state index is 0.105. The molecule has 0 heterocycles. The summed E-state index contributed by atoms with van der Waals surface area (Å²) in [5.41, 5.74) is 0. The molecule has 0 rings (SSSR count). The lowest BCUT2D eigenvalue weighted by Gasteiger charge is -2.21. The van der Waals surface area contributed by atoms with E-state index in [2.05, 4.69) is 55.4 Å². The van der Waals surface area contributed by atoms with E-state index in [9.17, 15) is 43.2 Å². The van der Waals surface area contributed by atoms with Crippen LogP contribution in [-0.4, -0.2) is 96.7 Å². The number of esters is 4. The van der Waals surface area contributed by atoms with Gasteiger partial charge < -0.3 is 33.8 Å². The van der Waals surface area contributed by atoms with Crippen molar-refractivity contribution in [2.24, 2.45) is 23.7 Å². The Morgan fingerprint density at radius 3 is 0.667 bits per heavy atom. The van der Waals surface area contributed by atoms with Crippen LogP contribution >= 0.6 is 15.6 Å². The molecule has 552 valence electrons. The summed E-state index contributed by atoms with van der Waals surface area (Å²) in [4.78, 5) is 72.7. The SMILES string of the molecule is CC(C)CCCCCCCCCCCCCCCC(=O)OC[C@H](COP(=O)(O)OC[C@@H](O)COP(=O)(O)OC[C@@H](COC(=O)CCCCCCCCC(C)C)OC(=O)CCCCCCCCCCCCCC(C)C)OC(=O)CCCCCCCCCCCCCC(C)C. The Bertz CT molecular complexity index is 1830. The maximum atomic E-state index is 13.1. The van der Waals surface area contributed by atoms with Gasteiger partial charge in [0.2, 0.25) is 0 Å². The van der Waals surface area contributed by atoms with Crippen LogP contribution in [0.15, 0.2) is 0 Å². The number of phosphoric ester groups is 2. The molecular formula is C74H144O17P2. The van der Waals surface area contributed by atoms with Crippen molar-refractivity contribution in [1.29, 1.82) is 0 Å². The van der Waals surface area contributed by atoms with Crippen molar-refractivity contribution >= 4 is 39.5 Å². The monoisotopic (exact) mass is 1370 g/mol. The van der Waals surface area contributed by atoms with Gasteiger partial charge in [0.05, 0.1) is 26.4 Å². The molecule has 0 aliphatic heterocycles. The first-order valence-electron chi connectivity index (χ1n) is 38.2. The van der Waals surface area contributed by atoms with Crippen LogP contribution in [0.4, 0.5) is 0 Å². The predicted octanol–water partition coefficient (Wildman–Crippen LogP) is 21.3. The van der Waals surface area contributed by atoms with Crippen LogP contribution < -0.4 is 0 Å². The Balaban J connectivity index is 5.24. The predicted molar refractivity (Wildman–Crippen MR) is 377 cm³/mol. The van der Waals surface area contributed by atoms with E-state index in [-0.39, 0.29) is 25.7 Å². The highest BCUT2D eigenvalue weighted by Gasteiger charge is 2.30. The molecule has 0 aromatic rings. The smallest absolute Gasteiger partial charge is 0.462 e. The topological polar surface area (TPSA) is 237 Å². The summed E-state index contributed by atoms with van der Waals surface area (Å²) >= 11 is 0. The molecule has 17 nitrogen and oxygen atoms in total. The zero-order chi connectivity index (χ0) is 68.9. The molecule has 0 saturated heterocycles. The van der Waals surface area contributed by atoms with E-state index in [0.717, 1.165) is 114 Å². The number of aliphatic hydroxyl groups excluding tert-OH is 1. The van der Waals surface area contributed by atoms with Crippen LogP contribution in [0.25, 0.3) is 0 Å². The maximum Gasteiger partial charge on any atom is 0.472 e. The number of unbranched alkanes of at least 4 members (excludes halogenated alkanes) is 37. The fourth-order valence-electron chi connectivity index (χ4n) is 11.2. The van der Waals surface area contributed by atoms with Crippen LogP contribution in [0.1, 0.15) is 370 Å². The molecule has 0 aliphatic rings. The fourth-order valence-corrected chi connectivity index (χ4v) is 12.8. The lowest BCUT2D eigenvalue weighted by atomic mass is 10.0. The molecule has 0 spiro atoms. The van der Waals surface area contributed by atoms with Gasteiger partial charge in [-0.1, -0.05) is 319 Å². The Labute approximate surface area is 568 Å². The summed E-state index contributed by atoms with van der Waals surface area (Å²) in [6, 6.07) is 0. The number of hydrogen-bond donors (Lipinski definition) is 3. The van der Waals surface area contributed by atoms with Gasteiger partial charge in [-0.05, 0) is 49.4 Å². The van der Waals surface area contributed by atoms with Gasteiger partial charge in [-0.15, -0.1) is 0 Å². The molecule has 0 bridgehead atoms. The van der Waals surface area contributed by atoms with Crippen molar-refractivity contribution in [2.75, 3.05) is 39.6 Å². The molecule has 0 radical (unpaired) electrons. The number of carbonyl (C=O) groups excluding carboxylic acids is 4. The standard InChI is InChI=1S/C74H144O17P2/c1-64(2)50-42-34-26-20-14-10-9-11-17-23-29-38-46-54-71(76)84-60-69(90-73(78)56-48-40-30-24-18-12-15-21-27-35-43-51-65(3)4)62-88-92(80,81)86-58-68(75)59-87-93(82,83)89-63-70(61-85-72(77)55-47-39-33-32-37-45-53-67(7)8)91-74(79)57-49-41-31-25-19-13-16-22-28-36-44-52-66(5)6/h64-70,75H,9-63H2,1-8H3,(H,80,81)(H,82,83)/t68-,69-,70-/m1/s1. The second-order valence-corrected chi connectivity index (χ2v) is 31.5. The Hall–Kier alpha value is -1.94. The van der Waals surface area contributed by atoms with Crippen LogP contribution in [-0.2, 0) is 65.4 Å². The Morgan fingerprint density at radius 1 is 0.269 bits per heavy atom. The van der Waals surface area contributed by atoms with Crippen molar-refractivity contribution in [3.8, 4) is 0 Å². The van der Waals surface area contributed by atoms with E-state index in [1.54, 1.807) is 0 Å². The van der Waals surface area contributed by atoms with E-state index in [1.165, 1.54) is 167 Å². The average molecular weight is 1370 g/mol. The Morgan fingerprint density at radius 2 is 0.452 bits per heavy atom. The van der Waals surface area contributed by atoms with Crippen LogP contribution in [0.3, 0.4) is 0 Å². The van der Waals surface area contributed by atoms with Gasteiger partial charge in [-0.2, -0.15) is 0 Å². The first-order chi connectivity index (χ1) is 44.6. The lowest BCUT2D eigenvalue weighted by molar-refractivity contribution is -0.161. The first-order valence-corrected chi connectivity index (χ1v) is 41.2. The third-order valence-electron chi connectivity index (χ3n) is 17.1. The molecule has 93 heavy (non-hydrogen) atoms. The summed E-state index contributed by atoms with van der Waals surface area (Å²) in [6.45, 7) is 14.1. The Kier molecular flexibility index (Phi) is 62.2. The highest BCUT2D eigenvalue weighted by molar-refractivity contribution is 7.47. The van der Waals surface area contributed by atoms with E-state index in [4.69, 9.17) is 37.0 Å². The van der Waals surface area contributed by atoms with Crippen LogP contribution in [0.5, 0.6) is 0 Å². The van der Waals surface area contributed by atoms with Crippen molar-refractivity contribution in [3.05, 3.63) is 0 Å². The highest BCUT2D eigenvalue weighted by atomic mass is 31.2. The van der Waals surface area contributed by atoms with Crippen LogP contribution in [0, 0.1) is 23.7 Å². The van der Waals surface area contributed by atoms with E-state index >= 15 is 0 Å². The zero-order valence-corrected chi connectivity index (χ0v) is 62.7. The molecule has 0 aliphatic carbocycles. The molecule has 0 amide bonds. The third kappa shape index (κ3) is 68.4. The quantitative estimate of drug-likeness (QED) is 0.0222. The number of rotatable bonds is 71. The number of hydrogen-bond acceptors (Lipinski definition) is 15. The van der Waals surface area contributed by atoms with Gasteiger partial charge >= 0.3 is 39.5 Å². The second kappa shape index (κ2) is 63.5. The lowest BCUT2D eigenvalue weighted by Crippen LogP contribution is -2.30. The molecule has 3 N–H and O–H groups in total. The summed E-state index contributed by atoms with van der Waals surface area (Å²) in [5.74, 6) is 0.876. The van der Waals surface area contributed by atoms with Crippen molar-refractivity contribution < 1.29 is 80.2 Å². The zero-order valence-electron chi connectivity index (χ0n) is 60.9. The van der Waals surface area contributed by atoms with Crippen LogP contribution in [0.2, 0.25) is 0 Å². The second-order valence-electron chi connectivity index (χ2n) is 28.6. The van der Waals surface area contributed by atoms with E-state index in [0.29, 0.717) is 31.6 Å². The number of phosphoric acid groups is 2. The van der Waals surface area contributed by atoms with Crippen molar-refractivity contribution in [3.63, 3.8) is 0 Å². The minimum Gasteiger partial charge on any atom is -0.462 e. The normalized spacial score (nSPS) is 14.2. The summed E-state index contributed by atoms with van der Waals surface area (Å²) in [7, 11) is -9.91. The summed E-state index contributed by atoms with van der Waals surface area (Å²) in [5, 5.41) is 10.6. The summed E-state index contributed by atoms with van der Waals surface area (Å²) in [6.07, 6.45) is 47.3.